The molecule has 1 saturated heterocycles. The van der Waals surface area contributed by atoms with Crippen LogP contribution in [0.4, 0.5) is 0 Å². The number of aryl methyl sites for hydroxylation is 1. The van der Waals surface area contributed by atoms with E-state index in [9.17, 15) is 14.7 Å². The lowest BCUT2D eigenvalue weighted by Gasteiger charge is -2.33. The fourth-order valence-corrected chi connectivity index (χ4v) is 2.56. The molecule has 1 aliphatic rings. The number of halogens is 1. The minimum Gasteiger partial charge on any atom is -0.484 e. The smallest absolute Gasteiger partial charge is 0.329 e. The number of aliphatic carboxylic acids is 1. The van der Waals surface area contributed by atoms with Gasteiger partial charge in [0.2, 0.25) is 0 Å². The highest BCUT2D eigenvalue weighted by molar-refractivity contribution is 6.30. The molecule has 0 saturated carbocycles. The molecule has 1 heterocycles. The molecular formula is C15H18ClNO5. The van der Waals surface area contributed by atoms with Gasteiger partial charge in [-0.25, -0.2) is 4.79 Å². The van der Waals surface area contributed by atoms with Crippen LogP contribution in [-0.4, -0.2) is 42.3 Å². The van der Waals surface area contributed by atoms with Gasteiger partial charge in [-0.15, -0.1) is 0 Å². The lowest BCUT2D eigenvalue weighted by Crippen LogP contribution is -2.58. The van der Waals surface area contributed by atoms with Crippen molar-refractivity contribution in [2.75, 3.05) is 19.8 Å². The van der Waals surface area contributed by atoms with Gasteiger partial charge < -0.3 is 19.9 Å². The van der Waals surface area contributed by atoms with Crippen molar-refractivity contribution in [3.05, 3.63) is 28.8 Å². The van der Waals surface area contributed by atoms with Crippen molar-refractivity contribution in [3.8, 4) is 5.75 Å². The summed E-state index contributed by atoms with van der Waals surface area (Å²) in [6.07, 6.45) is 0.488. The molecule has 0 radical (unpaired) electrons. The van der Waals surface area contributed by atoms with Gasteiger partial charge in [0.25, 0.3) is 5.91 Å². The van der Waals surface area contributed by atoms with E-state index in [0.717, 1.165) is 5.56 Å². The second-order valence-corrected chi connectivity index (χ2v) is 5.68. The van der Waals surface area contributed by atoms with E-state index in [2.05, 4.69) is 5.32 Å². The molecule has 1 aromatic carbocycles. The van der Waals surface area contributed by atoms with Crippen molar-refractivity contribution in [2.45, 2.75) is 25.3 Å². The lowest BCUT2D eigenvalue weighted by molar-refractivity contribution is -0.152. The third kappa shape index (κ3) is 3.90. The van der Waals surface area contributed by atoms with E-state index >= 15 is 0 Å². The largest absolute Gasteiger partial charge is 0.484 e. The maximum Gasteiger partial charge on any atom is 0.329 e. The SMILES string of the molecule is Cc1cc(Cl)ccc1OCC(=O)NC1(C(=O)O)CCOCC1. The summed E-state index contributed by atoms with van der Waals surface area (Å²) >= 11 is 5.85. The van der Waals surface area contributed by atoms with Gasteiger partial charge in [-0.2, -0.15) is 0 Å². The molecule has 22 heavy (non-hydrogen) atoms. The first kappa shape index (κ1) is 16.6. The molecule has 0 aromatic heterocycles. The van der Waals surface area contributed by atoms with E-state index in [0.29, 0.717) is 24.0 Å². The molecular weight excluding hydrogens is 310 g/mol. The van der Waals surface area contributed by atoms with Gasteiger partial charge >= 0.3 is 5.97 Å². The van der Waals surface area contributed by atoms with Gasteiger partial charge in [0.15, 0.2) is 6.61 Å². The van der Waals surface area contributed by atoms with Crippen LogP contribution in [0.15, 0.2) is 18.2 Å². The fourth-order valence-electron chi connectivity index (χ4n) is 2.33. The van der Waals surface area contributed by atoms with Gasteiger partial charge in [-0.05, 0) is 30.7 Å². The molecule has 0 unspecified atom stereocenters. The van der Waals surface area contributed by atoms with Crippen molar-refractivity contribution in [3.63, 3.8) is 0 Å². The van der Waals surface area contributed by atoms with Crippen molar-refractivity contribution in [1.29, 1.82) is 0 Å². The standard InChI is InChI=1S/C15H18ClNO5/c1-10-8-11(16)2-3-12(10)22-9-13(18)17-15(14(19)20)4-6-21-7-5-15/h2-3,8H,4-7,9H2,1H3,(H,17,18)(H,19,20). The number of nitrogens with one attached hydrogen (secondary N) is 1. The zero-order valence-corrected chi connectivity index (χ0v) is 13.0. The summed E-state index contributed by atoms with van der Waals surface area (Å²) in [5, 5.41) is 12.5. The summed E-state index contributed by atoms with van der Waals surface area (Å²) in [7, 11) is 0. The predicted octanol–water partition coefficient (Wildman–Crippen LogP) is 1.78. The maximum absolute atomic E-state index is 12.0. The Morgan fingerprint density at radius 2 is 2.09 bits per heavy atom. The van der Waals surface area contributed by atoms with Crippen LogP contribution in [0.3, 0.4) is 0 Å². The Morgan fingerprint density at radius 1 is 1.41 bits per heavy atom. The number of carboxylic acids is 1. The third-order valence-corrected chi connectivity index (χ3v) is 3.87. The van der Waals surface area contributed by atoms with Crippen LogP contribution >= 0.6 is 11.6 Å². The van der Waals surface area contributed by atoms with Crippen LogP contribution in [0.2, 0.25) is 5.02 Å². The Bertz CT molecular complexity index is 569. The molecule has 6 nitrogen and oxygen atoms in total. The monoisotopic (exact) mass is 327 g/mol. The summed E-state index contributed by atoms with van der Waals surface area (Å²) in [5.41, 5.74) is -0.465. The molecule has 0 atom stereocenters. The highest BCUT2D eigenvalue weighted by atomic mass is 35.5. The molecule has 7 heteroatoms. The minimum absolute atomic E-state index is 0.244. The first-order valence-corrected chi connectivity index (χ1v) is 7.32. The van der Waals surface area contributed by atoms with E-state index in [-0.39, 0.29) is 19.4 Å². The van der Waals surface area contributed by atoms with Crippen LogP contribution in [0, 0.1) is 6.92 Å². The average molecular weight is 328 g/mol. The van der Waals surface area contributed by atoms with Gasteiger partial charge in [-0.3, -0.25) is 4.79 Å². The zero-order chi connectivity index (χ0) is 16.2. The van der Waals surface area contributed by atoms with Crippen molar-refractivity contribution < 1.29 is 24.2 Å². The number of carbonyl (C=O) groups is 2. The molecule has 1 aromatic rings. The topological polar surface area (TPSA) is 84.9 Å². The summed E-state index contributed by atoms with van der Waals surface area (Å²) in [4.78, 5) is 23.5. The van der Waals surface area contributed by atoms with Gasteiger partial charge in [0.05, 0.1) is 0 Å². The Labute approximate surface area is 133 Å². The Kier molecular flexibility index (Phi) is 5.26. The van der Waals surface area contributed by atoms with Crippen LogP contribution in [0.1, 0.15) is 18.4 Å². The number of carboxylic acid groups (broad SMARTS) is 1. The molecule has 0 aliphatic carbocycles. The predicted molar refractivity (Wildman–Crippen MR) is 80.2 cm³/mol. The lowest BCUT2D eigenvalue weighted by atomic mass is 9.90. The second kappa shape index (κ2) is 6.98. The zero-order valence-electron chi connectivity index (χ0n) is 12.2. The summed E-state index contributed by atoms with van der Waals surface area (Å²) in [5.74, 6) is -0.985. The number of amides is 1. The number of benzene rings is 1. The molecule has 2 N–H and O–H groups in total. The fraction of sp³-hybridized carbons (Fsp3) is 0.467. The van der Waals surface area contributed by atoms with Gasteiger partial charge in [-0.1, -0.05) is 11.6 Å². The number of hydrogen-bond acceptors (Lipinski definition) is 4. The number of rotatable bonds is 5. The highest BCUT2D eigenvalue weighted by Crippen LogP contribution is 2.23. The molecule has 1 fully saturated rings. The molecule has 1 aliphatic heterocycles. The van der Waals surface area contributed by atoms with Crippen LogP contribution < -0.4 is 10.1 Å². The quantitative estimate of drug-likeness (QED) is 0.861. The summed E-state index contributed by atoms with van der Waals surface area (Å²) in [6.45, 7) is 2.18. The summed E-state index contributed by atoms with van der Waals surface area (Å²) in [6, 6.07) is 5.07. The van der Waals surface area contributed by atoms with Crippen LogP contribution in [0.5, 0.6) is 5.75 Å². The maximum atomic E-state index is 12.0. The number of carbonyl (C=O) groups excluding carboxylic acids is 1. The van der Waals surface area contributed by atoms with Crippen LogP contribution in [0.25, 0.3) is 0 Å². The number of hydrogen-bond donors (Lipinski definition) is 2. The minimum atomic E-state index is -1.27. The number of ether oxygens (including phenoxy) is 2. The average Bonchev–Trinajstić information content (AvgIpc) is 2.47. The van der Waals surface area contributed by atoms with Crippen molar-refractivity contribution in [1.82, 2.24) is 5.32 Å². The Hall–Kier alpha value is -1.79. The van der Waals surface area contributed by atoms with Crippen molar-refractivity contribution in [2.24, 2.45) is 0 Å². The molecule has 0 bridgehead atoms. The summed E-state index contributed by atoms with van der Waals surface area (Å²) < 4.78 is 10.6. The Morgan fingerprint density at radius 3 is 2.68 bits per heavy atom. The van der Waals surface area contributed by atoms with Crippen LogP contribution in [-0.2, 0) is 14.3 Å². The highest BCUT2D eigenvalue weighted by Gasteiger charge is 2.41. The Balaban J connectivity index is 1.95. The van der Waals surface area contributed by atoms with E-state index in [1.165, 1.54) is 0 Å². The molecule has 1 amide bonds. The van der Waals surface area contributed by atoms with E-state index in [1.54, 1.807) is 18.2 Å². The van der Waals surface area contributed by atoms with E-state index in [4.69, 9.17) is 21.1 Å². The normalized spacial score (nSPS) is 16.8. The van der Waals surface area contributed by atoms with E-state index in [1.807, 2.05) is 6.92 Å². The molecule has 2 rings (SSSR count). The third-order valence-electron chi connectivity index (χ3n) is 3.63. The second-order valence-electron chi connectivity index (χ2n) is 5.25. The van der Waals surface area contributed by atoms with Crippen molar-refractivity contribution >= 4 is 23.5 Å². The molecule has 120 valence electrons. The van der Waals surface area contributed by atoms with Gasteiger partial charge in [0.1, 0.15) is 11.3 Å². The first-order valence-electron chi connectivity index (χ1n) is 6.94. The first-order chi connectivity index (χ1) is 10.4. The van der Waals surface area contributed by atoms with Gasteiger partial charge in [0, 0.05) is 31.1 Å². The molecule has 0 spiro atoms. The van der Waals surface area contributed by atoms with E-state index < -0.39 is 17.4 Å².